The Labute approximate surface area is 175 Å². The highest BCUT2D eigenvalue weighted by atomic mass is 16.5. The van der Waals surface area contributed by atoms with Crippen LogP contribution in [0, 0.1) is 12.8 Å². The van der Waals surface area contributed by atoms with Crippen LogP contribution in [-0.2, 0) is 13.1 Å². The quantitative estimate of drug-likeness (QED) is 0.557. The van der Waals surface area contributed by atoms with Crippen molar-refractivity contribution in [3.05, 3.63) is 65.2 Å². The van der Waals surface area contributed by atoms with Gasteiger partial charge in [0.15, 0.2) is 5.96 Å². The largest absolute Gasteiger partial charge is 0.497 e. The fourth-order valence-corrected chi connectivity index (χ4v) is 3.79. The van der Waals surface area contributed by atoms with Crippen LogP contribution in [0.3, 0.4) is 0 Å². The number of methoxy groups -OCH3 is 1. The molecule has 0 aromatic heterocycles. The Bertz CT molecular complexity index is 780. The first kappa shape index (κ1) is 21.2. The number of benzene rings is 2. The van der Waals surface area contributed by atoms with E-state index >= 15 is 0 Å². The van der Waals surface area contributed by atoms with E-state index in [1.807, 2.05) is 19.2 Å². The van der Waals surface area contributed by atoms with Crippen molar-refractivity contribution in [2.24, 2.45) is 10.9 Å². The van der Waals surface area contributed by atoms with Gasteiger partial charge in [0.25, 0.3) is 0 Å². The Morgan fingerprint density at radius 3 is 2.45 bits per heavy atom. The molecule has 2 N–H and O–H groups in total. The van der Waals surface area contributed by atoms with Crippen molar-refractivity contribution >= 4 is 5.96 Å². The van der Waals surface area contributed by atoms with E-state index in [1.54, 1.807) is 7.11 Å². The molecule has 156 valence electrons. The van der Waals surface area contributed by atoms with E-state index in [1.165, 1.54) is 29.5 Å². The Morgan fingerprint density at radius 2 is 1.79 bits per heavy atom. The number of hydrogen-bond donors (Lipinski definition) is 2. The number of likely N-dealkylation sites (tertiary alicyclic amines) is 1. The van der Waals surface area contributed by atoms with Crippen LogP contribution in [-0.4, -0.2) is 44.7 Å². The van der Waals surface area contributed by atoms with Gasteiger partial charge in [-0.2, -0.15) is 0 Å². The Balaban J connectivity index is 1.37. The first-order chi connectivity index (χ1) is 14.2. The van der Waals surface area contributed by atoms with Gasteiger partial charge in [-0.15, -0.1) is 0 Å². The number of guanidine groups is 1. The standard InChI is InChI=1S/C24H34N4O/c1-19-6-4-5-7-22(19)17-27-24(25-2)26-16-20-12-14-28(15-13-20)18-21-8-10-23(29-3)11-9-21/h4-11,20H,12-18H2,1-3H3,(H2,25,26,27). The lowest BCUT2D eigenvalue weighted by atomic mass is 9.96. The topological polar surface area (TPSA) is 48.9 Å². The zero-order valence-corrected chi connectivity index (χ0v) is 17.9. The highest BCUT2D eigenvalue weighted by Crippen LogP contribution is 2.19. The van der Waals surface area contributed by atoms with Gasteiger partial charge < -0.3 is 15.4 Å². The number of aliphatic imine (C=N–C) groups is 1. The lowest BCUT2D eigenvalue weighted by molar-refractivity contribution is 0.178. The van der Waals surface area contributed by atoms with Gasteiger partial charge >= 0.3 is 0 Å². The summed E-state index contributed by atoms with van der Waals surface area (Å²) in [6.07, 6.45) is 2.44. The van der Waals surface area contributed by atoms with Gasteiger partial charge in [-0.05, 0) is 67.6 Å². The number of piperidine rings is 1. The molecule has 0 aliphatic carbocycles. The number of nitrogens with zero attached hydrogens (tertiary/aromatic N) is 2. The molecule has 0 saturated carbocycles. The highest BCUT2D eigenvalue weighted by molar-refractivity contribution is 5.79. The normalized spacial score (nSPS) is 15.9. The van der Waals surface area contributed by atoms with E-state index < -0.39 is 0 Å². The maximum atomic E-state index is 5.24. The van der Waals surface area contributed by atoms with Crippen molar-refractivity contribution < 1.29 is 4.74 Å². The Kier molecular flexibility index (Phi) is 7.94. The first-order valence-electron chi connectivity index (χ1n) is 10.5. The number of nitrogens with one attached hydrogen (secondary N) is 2. The fourth-order valence-electron chi connectivity index (χ4n) is 3.79. The molecule has 29 heavy (non-hydrogen) atoms. The monoisotopic (exact) mass is 394 g/mol. The molecule has 2 aromatic rings. The molecule has 0 unspecified atom stereocenters. The molecule has 0 spiro atoms. The van der Waals surface area contributed by atoms with E-state index in [9.17, 15) is 0 Å². The van der Waals surface area contributed by atoms with Crippen LogP contribution in [0.15, 0.2) is 53.5 Å². The first-order valence-corrected chi connectivity index (χ1v) is 10.5. The van der Waals surface area contributed by atoms with Crippen LogP contribution in [0.4, 0.5) is 0 Å². The average molecular weight is 395 g/mol. The molecular weight excluding hydrogens is 360 g/mol. The molecule has 5 nitrogen and oxygen atoms in total. The Morgan fingerprint density at radius 1 is 1.07 bits per heavy atom. The second-order valence-corrected chi connectivity index (χ2v) is 7.80. The van der Waals surface area contributed by atoms with Gasteiger partial charge in [-0.3, -0.25) is 9.89 Å². The van der Waals surface area contributed by atoms with Crippen molar-refractivity contribution in [3.63, 3.8) is 0 Å². The summed E-state index contributed by atoms with van der Waals surface area (Å²) in [5.74, 6) is 2.50. The van der Waals surface area contributed by atoms with Crippen LogP contribution in [0.1, 0.15) is 29.5 Å². The molecule has 5 heteroatoms. The van der Waals surface area contributed by atoms with Crippen molar-refractivity contribution in [1.29, 1.82) is 0 Å². The molecule has 0 amide bonds. The van der Waals surface area contributed by atoms with E-state index in [2.05, 4.69) is 63.8 Å². The summed E-state index contributed by atoms with van der Waals surface area (Å²) in [7, 11) is 3.55. The number of rotatable bonds is 7. The SMILES string of the molecule is CN=C(NCc1ccccc1C)NCC1CCN(Cc2ccc(OC)cc2)CC1. The van der Waals surface area contributed by atoms with Gasteiger partial charge in [0.05, 0.1) is 7.11 Å². The van der Waals surface area contributed by atoms with Gasteiger partial charge in [0.2, 0.25) is 0 Å². The van der Waals surface area contributed by atoms with Crippen molar-refractivity contribution in [2.45, 2.75) is 32.9 Å². The van der Waals surface area contributed by atoms with Crippen molar-refractivity contribution in [1.82, 2.24) is 15.5 Å². The van der Waals surface area contributed by atoms with Gasteiger partial charge in [0.1, 0.15) is 5.75 Å². The molecule has 3 rings (SSSR count). The van der Waals surface area contributed by atoms with Crippen LogP contribution >= 0.6 is 0 Å². The van der Waals surface area contributed by atoms with Crippen LogP contribution in [0.2, 0.25) is 0 Å². The Hall–Kier alpha value is -2.53. The summed E-state index contributed by atoms with van der Waals surface area (Å²) in [5.41, 5.74) is 3.96. The van der Waals surface area contributed by atoms with Crippen LogP contribution in [0.5, 0.6) is 5.75 Å². The van der Waals surface area contributed by atoms with Crippen molar-refractivity contribution in [2.75, 3.05) is 33.8 Å². The maximum absolute atomic E-state index is 5.24. The van der Waals surface area contributed by atoms with E-state index in [4.69, 9.17) is 4.74 Å². The molecule has 1 aliphatic rings. The molecule has 0 atom stereocenters. The molecule has 1 heterocycles. The van der Waals surface area contributed by atoms with Gasteiger partial charge in [-0.25, -0.2) is 0 Å². The third-order valence-corrected chi connectivity index (χ3v) is 5.76. The molecule has 0 radical (unpaired) electrons. The summed E-state index contributed by atoms with van der Waals surface area (Å²) < 4.78 is 5.24. The second-order valence-electron chi connectivity index (χ2n) is 7.80. The smallest absolute Gasteiger partial charge is 0.191 e. The number of hydrogen-bond acceptors (Lipinski definition) is 3. The fraction of sp³-hybridized carbons (Fsp3) is 0.458. The number of ether oxygens (including phenoxy) is 1. The van der Waals surface area contributed by atoms with Crippen LogP contribution in [0.25, 0.3) is 0 Å². The second kappa shape index (κ2) is 10.9. The number of aryl methyl sites for hydroxylation is 1. The summed E-state index contributed by atoms with van der Waals surface area (Å²) >= 11 is 0. The molecule has 1 aliphatic heterocycles. The van der Waals surface area contributed by atoms with E-state index in [0.717, 1.165) is 44.4 Å². The van der Waals surface area contributed by atoms with Gasteiger partial charge in [-0.1, -0.05) is 36.4 Å². The zero-order chi connectivity index (χ0) is 20.5. The minimum absolute atomic E-state index is 0.694. The summed E-state index contributed by atoms with van der Waals surface area (Å²) in [6.45, 7) is 7.23. The maximum Gasteiger partial charge on any atom is 0.191 e. The predicted molar refractivity (Wildman–Crippen MR) is 120 cm³/mol. The lowest BCUT2D eigenvalue weighted by Crippen LogP contribution is -2.42. The molecule has 2 aromatic carbocycles. The lowest BCUT2D eigenvalue weighted by Gasteiger charge is -2.32. The third kappa shape index (κ3) is 6.50. The van der Waals surface area contributed by atoms with E-state index in [-0.39, 0.29) is 0 Å². The summed E-state index contributed by atoms with van der Waals surface area (Å²) in [6, 6.07) is 16.9. The predicted octanol–water partition coefficient (Wildman–Crippen LogP) is 3.58. The minimum atomic E-state index is 0.694. The molecule has 1 saturated heterocycles. The highest BCUT2D eigenvalue weighted by Gasteiger charge is 2.19. The minimum Gasteiger partial charge on any atom is -0.497 e. The average Bonchev–Trinajstić information content (AvgIpc) is 2.76. The third-order valence-electron chi connectivity index (χ3n) is 5.76. The van der Waals surface area contributed by atoms with Crippen molar-refractivity contribution in [3.8, 4) is 5.75 Å². The van der Waals surface area contributed by atoms with E-state index in [0.29, 0.717) is 5.92 Å². The van der Waals surface area contributed by atoms with Gasteiger partial charge in [0, 0.05) is 26.7 Å². The van der Waals surface area contributed by atoms with Crippen LogP contribution < -0.4 is 15.4 Å². The zero-order valence-electron chi connectivity index (χ0n) is 17.9. The summed E-state index contributed by atoms with van der Waals surface area (Å²) in [5, 5.41) is 6.95. The molecule has 0 bridgehead atoms. The molecular formula is C24H34N4O. The summed E-state index contributed by atoms with van der Waals surface area (Å²) in [4.78, 5) is 6.92. The molecule has 1 fully saturated rings.